The molecule has 0 aromatic heterocycles. The number of nitrogens with one attached hydrogen (secondary N) is 1. The molecule has 0 saturated carbocycles. The Hall–Kier alpha value is -4.17. The first-order chi connectivity index (χ1) is 18.4. The van der Waals surface area contributed by atoms with Crippen LogP contribution in [0.15, 0.2) is 77.8 Å². The fraction of sp³-hybridized carbons (Fsp3) is 0.300. The van der Waals surface area contributed by atoms with Crippen molar-refractivity contribution in [2.75, 3.05) is 21.3 Å². The van der Waals surface area contributed by atoms with Crippen molar-refractivity contribution in [1.82, 2.24) is 5.32 Å². The van der Waals surface area contributed by atoms with E-state index >= 15 is 0 Å². The smallest absolute Gasteiger partial charge is 0.252 e. The highest BCUT2D eigenvalue weighted by atomic mass is 16.5. The van der Waals surface area contributed by atoms with Gasteiger partial charge in [-0.1, -0.05) is 60.7 Å². The fourth-order valence-electron chi connectivity index (χ4n) is 4.02. The molecule has 0 aliphatic heterocycles. The summed E-state index contributed by atoms with van der Waals surface area (Å²) in [5.74, 6) is 1.07. The van der Waals surface area contributed by atoms with Gasteiger partial charge in [-0.15, -0.1) is 0 Å². The van der Waals surface area contributed by atoms with E-state index in [2.05, 4.69) is 10.3 Å². The predicted molar refractivity (Wildman–Crippen MR) is 151 cm³/mol. The largest absolute Gasteiger partial charge is 0.493 e. The van der Waals surface area contributed by atoms with Gasteiger partial charge in [0.25, 0.3) is 5.91 Å². The molecular weight excluding hydrogens is 480 g/mol. The standard InChI is InChI=1S/C11H13N3O.C10H15NO2.C9H10O/c12-11(13)14-10(15)9-5-7-3-1-2-4-8(7)6-9;1-11-7-8-4-5-9(12-2)10(6-8)13-3;10-8-4-7-9-5-2-1-3-6-9/h1-4,9H,5-6H2,(H4,12,13,14,15);4-6,11H,7H2,1-3H3;1-3,5-6,8H,4,7H2. The van der Waals surface area contributed by atoms with Gasteiger partial charge in [0, 0.05) is 18.9 Å². The van der Waals surface area contributed by atoms with Crippen LogP contribution in [0.3, 0.4) is 0 Å². The molecule has 0 atom stereocenters. The van der Waals surface area contributed by atoms with Crippen LogP contribution in [0.4, 0.5) is 0 Å². The molecular formula is C30H38N4O4. The van der Waals surface area contributed by atoms with E-state index in [1.54, 1.807) is 14.2 Å². The zero-order valence-corrected chi connectivity index (χ0v) is 22.4. The molecule has 3 aromatic rings. The molecule has 8 heteroatoms. The number of aliphatic imine (C=N–C) groups is 1. The van der Waals surface area contributed by atoms with Crippen molar-refractivity contribution in [1.29, 1.82) is 0 Å². The Kier molecular flexibility index (Phi) is 13.1. The third kappa shape index (κ3) is 10.1. The normalized spacial score (nSPS) is 11.6. The van der Waals surface area contributed by atoms with E-state index in [-0.39, 0.29) is 17.8 Å². The van der Waals surface area contributed by atoms with Crippen LogP contribution < -0.4 is 26.3 Å². The molecule has 8 nitrogen and oxygen atoms in total. The summed E-state index contributed by atoms with van der Waals surface area (Å²) in [5, 5.41) is 3.08. The van der Waals surface area contributed by atoms with Gasteiger partial charge in [-0.2, -0.15) is 4.99 Å². The topological polar surface area (TPSA) is 129 Å². The molecule has 1 aliphatic carbocycles. The van der Waals surface area contributed by atoms with Gasteiger partial charge in [-0.3, -0.25) is 4.79 Å². The second-order valence-electron chi connectivity index (χ2n) is 8.66. The summed E-state index contributed by atoms with van der Waals surface area (Å²) in [4.78, 5) is 25.1. The zero-order valence-electron chi connectivity index (χ0n) is 22.4. The van der Waals surface area contributed by atoms with Gasteiger partial charge in [0.2, 0.25) is 0 Å². The summed E-state index contributed by atoms with van der Waals surface area (Å²) in [6.07, 6.45) is 3.93. The van der Waals surface area contributed by atoms with E-state index in [0.29, 0.717) is 6.42 Å². The van der Waals surface area contributed by atoms with Crippen molar-refractivity contribution in [3.8, 4) is 11.5 Å². The highest BCUT2D eigenvalue weighted by Crippen LogP contribution is 2.28. The Bertz CT molecular complexity index is 1150. The van der Waals surface area contributed by atoms with E-state index in [1.165, 1.54) is 22.3 Å². The van der Waals surface area contributed by atoms with Gasteiger partial charge in [0.1, 0.15) is 6.29 Å². The molecule has 0 heterocycles. The summed E-state index contributed by atoms with van der Waals surface area (Å²) < 4.78 is 10.3. The Morgan fingerprint density at radius 1 is 0.921 bits per heavy atom. The van der Waals surface area contributed by atoms with Crippen LogP contribution in [0, 0.1) is 5.92 Å². The minimum atomic E-state index is -0.216. The molecule has 1 aliphatic rings. The van der Waals surface area contributed by atoms with Crippen molar-refractivity contribution in [3.63, 3.8) is 0 Å². The molecule has 0 saturated heterocycles. The van der Waals surface area contributed by atoms with Crippen molar-refractivity contribution < 1.29 is 19.1 Å². The van der Waals surface area contributed by atoms with E-state index in [1.807, 2.05) is 79.8 Å². The molecule has 0 unspecified atom stereocenters. The number of nitrogens with zero attached hydrogens (tertiary/aromatic N) is 1. The van der Waals surface area contributed by atoms with Crippen LogP contribution in [-0.2, 0) is 35.4 Å². The number of carbonyl (C=O) groups is 2. The fourth-order valence-corrected chi connectivity index (χ4v) is 4.02. The minimum absolute atomic E-state index is 0.0931. The molecule has 4 rings (SSSR count). The summed E-state index contributed by atoms with van der Waals surface area (Å²) >= 11 is 0. The van der Waals surface area contributed by atoms with Crippen molar-refractivity contribution >= 4 is 18.2 Å². The molecule has 202 valence electrons. The maximum atomic E-state index is 11.6. The van der Waals surface area contributed by atoms with E-state index in [9.17, 15) is 9.59 Å². The van der Waals surface area contributed by atoms with E-state index < -0.39 is 0 Å². The maximum absolute atomic E-state index is 11.6. The number of amides is 1. The second kappa shape index (κ2) is 16.6. The molecule has 0 spiro atoms. The molecule has 3 aromatic carbocycles. The lowest BCUT2D eigenvalue weighted by Gasteiger charge is -2.08. The molecule has 1 amide bonds. The van der Waals surface area contributed by atoms with Gasteiger partial charge in [0.05, 0.1) is 14.2 Å². The number of benzene rings is 3. The Balaban J connectivity index is 0.000000204. The van der Waals surface area contributed by atoms with Crippen LogP contribution >= 0.6 is 0 Å². The average molecular weight is 519 g/mol. The van der Waals surface area contributed by atoms with Crippen LogP contribution in [0.2, 0.25) is 0 Å². The molecule has 5 N–H and O–H groups in total. The number of ether oxygens (including phenoxy) is 2. The van der Waals surface area contributed by atoms with Gasteiger partial charge < -0.3 is 31.1 Å². The number of rotatable bonds is 8. The first-order valence-corrected chi connectivity index (χ1v) is 12.4. The van der Waals surface area contributed by atoms with Gasteiger partial charge in [0.15, 0.2) is 17.5 Å². The van der Waals surface area contributed by atoms with Crippen molar-refractivity contribution in [3.05, 3.63) is 95.1 Å². The predicted octanol–water partition coefficient (Wildman–Crippen LogP) is 3.44. The maximum Gasteiger partial charge on any atom is 0.252 e. The average Bonchev–Trinajstić information content (AvgIpc) is 3.38. The number of fused-ring (bicyclic) bond motifs is 1. The summed E-state index contributed by atoms with van der Waals surface area (Å²) in [6.45, 7) is 0.834. The third-order valence-corrected chi connectivity index (χ3v) is 5.86. The lowest BCUT2D eigenvalue weighted by atomic mass is 10.1. The number of hydrogen-bond donors (Lipinski definition) is 3. The highest BCUT2D eigenvalue weighted by Gasteiger charge is 2.26. The monoisotopic (exact) mass is 518 g/mol. The Labute approximate surface area is 225 Å². The van der Waals surface area contributed by atoms with Gasteiger partial charge >= 0.3 is 0 Å². The first kappa shape index (κ1) is 30.1. The zero-order chi connectivity index (χ0) is 27.8. The van der Waals surface area contributed by atoms with Gasteiger partial charge in [-0.25, -0.2) is 0 Å². The summed E-state index contributed by atoms with van der Waals surface area (Å²) in [7, 11) is 5.19. The quantitative estimate of drug-likeness (QED) is 0.237. The molecule has 0 fully saturated rings. The Morgan fingerprint density at radius 2 is 1.53 bits per heavy atom. The highest BCUT2D eigenvalue weighted by molar-refractivity contribution is 5.93. The number of hydrogen-bond acceptors (Lipinski definition) is 5. The SMILES string of the molecule is CNCc1ccc(OC)c(OC)c1.NC(N)=NC(=O)C1Cc2ccccc2C1.O=CCCc1ccccc1. The number of nitrogens with two attached hydrogens (primary N) is 2. The minimum Gasteiger partial charge on any atom is -0.493 e. The van der Waals surface area contributed by atoms with Gasteiger partial charge in [-0.05, 0) is 60.7 Å². The number of aldehydes is 1. The summed E-state index contributed by atoms with van der Waals surface area (Å²) in [5.41, 5.74) is 15.2. The molecule has 38 heavy (non-hydrogen) atoms. The Morgan fingerprint density at radius 3 is 2.05 bits per heavy atom. The second-order valence-corrected chi connectivity index (χ2v) is 8.66. The van der Waals surface area contributed by atoms with Crippen molar-refractivity contribution in [2.24, 2.45) is 22.4 Å². The summed E-state index contributed by atoms with van der Waals surface area (Å²) in [6, 6.07) is 23.9. The number of methoxy groups -OCH3 is 2. The number of aryl methyl sites for hydroxylation is 1. The first-order valence-electron chi connectivity index (χ1n) is 12.4. The molecule has 0 radical (unpaired) electrons. The third-order valence-electron chi connectivity index (χ3n) is 5.86. The van der Waals surface area contributed by atoms with E-state index in [4.69, 9.17) is 20.9 Å². The van der Waals surface area contributed by atoms with E-state index in [0.717, 1.165) is 43.6 Å². The van der Waals surface area contributed by atoms with Crippen LogP contribution in [0.1, 0.15) is 28.7 Å². The van der Waals surface area contributed by atoms with Crippen LogP contribution in [-0.4, -0.2) is 39.4 Å². The molecule has 0 bridgehead atoms. The van der Waals surface area contributed by atoms with Crippen LogP contribution in [0.5, 0.6) is 11.5 Å². The lowest BCUT2D eigenvalue weighted by molar-refractivity contribution is -0.121. The van der Waals surface area contributed by atoms with Crippen molar-refractivity contribution in [2.45, 2.75) is 32.2 Å². The number of carbonyl (C=O) groups excluding carboxylic acids is 2. The number of guanidine groups is 1. The lowest BCUT2D eigenvalue weighted by Crippen LogP contribution is -2.26. The van der Waals surface area contributed by atoms with Crippen LogP contribution in [0.25, 0.3) is 0 Å².